The highest BCUT2D eigenvalue weighted by atomic mass is 16.5. The molecular weight excluding hydrogens is 292 g/mol. The van der Waals surface area contributed by atoms with E-state index in [4.69, 9.17) is 4.74 Å². The summed E-state index contributed by atoms with van der Waals surface area (Å²) in [5, 5.41) is 20.0. The molecule has 2 aliphatic carbocycles. The van der Waals surface area contributed by atoms with Crippen LogP contribution in [0.4, 0.5) is 0 Å². The maximum atomic E-state index is 11.5. The van der Waals surface area contributed by atoms with E-state index >= 15 is 0 Å². The Hall–Kier alpha value is -1.29. The van der Waals surface area contributed by atoms with Gasteiger partial charge in [-0.1, -0.05) is 19.9 Å². The highest BCUT2D eigenvalue weighted by Crippen LogP contribution is 2.45. The molecule has 3 rings (SSSR count). The van der Waals surface area contributed by atoms with E-state index in [1.54, 1.807) is 0 Å². The molecule has 1 saturated heterocycles. The summed E-state index contributed by atoms with van der Waals surface area (Å²) in [5.41, 5.74) is 1.28. The Bertz CT molecular complexity index is 521. The van der Waals surface area contributed by atoms with Gasteiger partial charge in [0.1, 0.15) is 6.10 Å². The van der Waals surface area contributed by atoms with Crippen LogP contribution in [0.1, 0.15) is 52.4 Å². The van der Waals surface area contributed by atoms with Crippen LogP contribution in [0.2, 0.25) is 0 Å². The molecule has 0 saturated carbocycles. The van der Waals surface area contributed by atoms with E-state index in [1.807, 2.05) is 6.08 Å². The number of hydrogen-bond acceptors (Lipinski definition) is 4. The summed E-state index contributed by atoms with van der Waals surface area (Å²) < 4.78 is 5.37. The topological polar surface area (TPSA) is 66.8 Å². The second kappa shape index (κ2) is 6.68. The standard InChI is InChI=1S/C19H28O4/c1-11-3-5-17-13(7-11)8-18(21)12(2)16(17)6-4-15-9-14(20)10-19(22)23-15/h7-8,11-12,14-17,20-21H,3-6,9-10H2,1-2H3/t11?,12-,14?,15?,16+,17+/m1/s1. The minimum atomic E-state index is -0.565. The van der Waals surface area contributed by atoms with Gasteiger partial charge in [0.15, 0.2) is 0 Å². The lowest BCUT2D eigenvalue weighted by molar-refractivity contribution is -0.160. The van der Waals surface area contributed by atoms with Crippen LogP contribution in [0.3, 0.4) is 0 Å². The van der Waals surface area contributed by atoms with Gasteiger partial charge in [0.2, 0.25) is 0 Å². The number of allylic oxidation sites excluding steroid dienone is 4. The van der Waals surface area contributed by atoms with E-state index in [0.717, 1.165) is 12.8 Å². The fourth-order valence-electron chi connectivity index (χ4n) is 4.50. The van der Waals surface area contributed by atoms with Crippen molar-refractivity contribution in [1.82, 2.24) is 0 Å². The predicted octanol–water partition coefficient (Wildman–Crippen LogP) is 3.51. The fraction of sp³-hybridized carbons (Fsp3) is 0.737. The Labute approximate surface area is 138 Å². The van der Waals surface area contributed by atoms with Crippen molar-refractivity contribution in [3.8, 4) is 0 Å². The van der Waals surface area contributed by atoms with Gasteiger partial charge in [-0.15, -0.1) is 0 Å². The predicted molar refractivity (Wildman–Crippen MR) is 87.7 cm³/mol. The van der Waals surface area contributed by atoms with E-state index < -0.39 is 6.10 Å². The van der Waals surface area contributed by atoms with E-state index in [9.17, 15) is 15.0 Å². The van der Waals surface area contributed by atoms with Crippen LogP contribution in [0, 0.1) is 23.7 Å². The first-order chi connectivity index (χ1) is 10.9. The average molecular weight is 320 g/mol. The third-order valence-electron chi connectivity index (χ3n) is 5.84. The Kier molecular flexibility index (Phi) is 4.81. The molecule has 0 aromatic rings. The van der Waals surface area contributed by atoms with Gasteiger partial charge in [0, 0.05) is 12.3 Å². The molecule has 0 amide bonds. The summed E-state index contributed by atoms with van der Waals surface area (Å²) in [6.45, 7) is 4.32. The maximum absolute atomic E-state index is 11.5. The van der Waals surface area contributed by atoms with Crippen molar-refractivity contribution in [3.05, 3.63) is 23.5 Å². The second-order valence-electron chi connectivity index (χ2n) is 7.63. The highest BCUT2D eigenvalue weighted by molar-refractivity contribution is 5.70. The largest absolute Gasteiger partial charge is 0.512 e. The van der Waals surface area contributed by atoms with Crippen molar-refractivity contribution < 1.29 is 19.7 Å². The summed E-state index contributed by atoms with van der Waals surface area (Å²) in [7, 11) is 0. The molecule has 3 aliphatic rings. The van der Waals surface area contributed by atoms with E-state index in [2.05, 4.69) is 19.9 Å². The van der Waals surface area contributed by atoms with Gasteiger partial charge in [-0.05, 0) is 55.1 Å². The number of aliphatic hydroxyl groups excluding tert-OH is 2. The van der Waals surface area contributed by atoms with Gasteiger partial charge < -0.3 is 14.9 Å². The Balaban J connectivity index is 1.68. The molecular formula is C19H28O4. The van der Waals surface area contributed by atoms with Gasteiger partial charge in [-0.25, -0.2) is 0 Å². The number of cyclic esters (lactones) is 1. The molecule has 128 valence electrons. The molecule has 4 heteroatoms. The highest BCUT2D eigenvalue weighted by Gasteiger charge is 2.37. The molecule has 1 fully saturated rings. The maximum Gasteiger partial charge on any atom is 0.308 e. The number of hydrogen-bond donors (Lipinski definition) is 2. The SMILES string of the molecule is CC1C=C2C=C(O)[C@H](C)[C@H](CCC3CC(O)CC(=O)O3)[C@H]2CC1. The molecule has 23 heavy (non-hydrogen) atoms. The fourth-order valence-corrected chi connectivity index (χ4v) is 4.50. The minimum absolute atomic E-state index is 0.118. The van der Waals surface area contributed by atoms with E-state index in [0.29, 0.717) is 29.9 Å². The van der Waals surface area contributed by atoms with Crippen molar-refractivity contribution in [3.63, 3.8) is 0 Å². The van der Waals surface area contributed by atoms with Gasteiger partial charge in [0.05, 0.1) is 18.3 Å². The van der Waals surface area contributed by atoms with Crippen molar-refractivity contribution in [2.75, 3.05) is 0 Å². The number of rotatable bonds is 3. The lowest BCUT2D eigenvalue weighted by atomic mass is 9.66. The van der Waals surface area contributed by atoms with Gasteiger partial charge in [-0.2, -0.15) is 0 Å². The van der Waals surface area contributed by atoms with Crippen LogP contribution in [0.5, 0.6) is 0 Å². The molecule has 1 aliphatic heterocycles. The first kappa shape index (κ1) is 16.6. The third-order valence-corrected chi connectivity index (χ3v) is 5.84. The number of aliphatic hydroxyl groups is 2. The molecule has 1 heterocycles. The van der Waals surface area contributed by atoms with Crippen molar-refractivity contribution in [1.29, 1.82) is 0 Å². The minimum Gasteiger partial charge on any atom is -0.512 e. The van der Waals surface area contributed by atoms with Gasteiger partial charge in [-0.3, -0.25) is 4.79 Å². The lowest BCUT2D eigenvalue weighted by Crippen LogP contribution is -2.35. The van der Waals surface area contributed by atoms with Crippen LogP contribution in [0.15, 0.2) is 23.5 Å². The molecule has 0 aromatic carbocycles. The molecule has 2 N–H and O–H groups in total. The monoisotopic (exact) mass is 320 g/mol. The Morgan fingerprint density at radius 2 is 2.04 bits per heavy atom. The van der Waals surface area contributed by atoms with Crippen LogP contribution in [-0.2, 0) is 9.53 Å². The van der Waals surface area contributed by atoms with Crippen molar-refractivity contribution in [2.24, 2.45) is 23.7 Å². The summed E-state index contributed by atoms with van der Waals surface area (Å²) in [5.74, 6) is 1.80. The van der Waals surface area contributed by atoms with Crippen LogP contribution >= 0.6 is 0 Å². The van der Waals surface area contributed by atoms with E-state index in [-0.39, 0.29) is 24.4 Å². The molecule has 4 nitrogen and oxygen atoms in total. The smallest absolute Gasteiger partial charge is 0.308 e. The zero-order valence-corrected chi connectivity index (χ0v) is 14.1. The number of esters is 1. The number of carbonyl (C=O) groups is 1. The van der Waals surface area contributed by atoms with Crippen LogP contribution in [-0.4, -0.2) is 28.4 Å². The number of fused-ring (bicyclic) bond motifs is 1. The summed E-state index contributed by atoms with van der Waals surface area (Å²) in [6.07, 6.45) is 8.23. The number of ether oxygens (including phenoxy) is 1. The molecule has 0 bridgehead atoms. The number of carbonyl (C=O) groups excluding carboxylic acids is 1. The normalized spacial score (nSPS) is 40.7. The Morgan fingerprint density at radius 3 is 2.78 bits per heavy atom. The zero-order valence-electron chi connectivity index (χ0n) is 14.1. The van der Waals surface area contributed by atoms with E-state index in [1.165, 1.54) is 18.4 Å². The zero-order chi connectivity index (χ0) is 16.6. The van der Waals surface area contributed by atoms with Crippen LogP contribution < -0.4 is 0 Å². The molecule has 0 aromatic heterocycles. The van der Waals surface area contributed by atoms with Crippen molar-refractivity contribution >= 4 is 5.97 Å². The molecule has 3 unspecified atom stereocenters. The summed E-state index contributed by atoms with van der Waals surface area (Å²) in [6, 6.07) is 0. The summed E-state index contributed by atoms with van der Waals surface area (Å²) >= 11 is 0. The first-order valence-electron chi connectivity index (χ1n) is 8.94. The van der Waals surface area contributed by atoms with Crippen molar-refractivity contribution in [2.45, 2.75) is 64.6 Å². The molecule has 0 spiro atoms. The van der Waals surface area contributed by atoms with Gasteiger partial charge in [0.25, 0.3) is 0 Å². The Morgan fingerprint density at radius 1 is 1.26 bits per heavy atom. The van der Waals surface area contributed by atoms with Gasteiger partial charge >= 0.3 is 5.97 Å². The first-order valence-corrected chi connectivity index (χ1v) is 8.94. The molecule has 0 radical (unpaired) electrons. The third kappa shape index (κ3) is 3.63. The average Bonchev–Trinajstić information content (AvgIpc) is 2.47. The molecule has 6 atom stereocenters. The van der Waals surface area contributed by atoms with Crippen LogP contribution in [0.25, 0.3) is 0 Å². The second-order valence-corrected chi connectivity index (χ2v) is 7.63. The quantitative estimate of drug-likeness (QED) is 0.781. The lowest BCUT2D eigenvalue weighted by Gasteiger charge is -2.40. The summed E-state index contributed by atoms with van der Waals surface area (Å²) in [4.78, 5) is 11.5.